The lowest BCUT2D eigenvalue weighted by atomic mass is 10.1. The lowest BCUT2D eigenvalue weighted by Crippen LogP contribution is -2.29. The predicted octanol–water partition coefficient (Wildman–Crippen LogP) is 2.39. The molecule has 2 amide bonds. The summed E-state index contributed by atoms with van der Waals surface area (Å²) in [6.07, 6.45) is 7.46. The van der Waals surface area contributed by atoms with Crippen LogP contribution in [0.15, 0.2) is 30.3 Å². The van der Waals surface area contributed by atoms with E-state index in [9.17, 15) is 14.4 Å². The third-order valence-electron chi connectivity index (χ3n) is 4.28. The minimum absolute atomic E-state index is 0.0132. The number of nitrogens with one attached hydrogen (secondary N) is 2. The van der Waals surface area contributed by atoms with Gasteiger partial charge >= 0.3 is 5.97 Å². The number of nitrogens with two attached hydrogens (primary N) is 2. The highest BCUT2D eigenvalue weighted by Gasteiger charge is 2.09. The average molecular weight is 425 g/mol. The minimum Gasteiger partial charge on any atom is -0.480 e. The molecule has 1 rings (SSSR count). The molecule has 30 heavy (non-hydrogen) atoms. The van der Waals surface area contributed by atoms with Crippen LogP contribution in [0, 0.1) is 0 Å². The Kier molecular flexibility index (Phi) is 17.0. The molecule has 9 nitrogen and oxygen atoms in total. The molecule has 0 unspecified atom stereocenters. The zero-order chi connectivity index (χ0) is 22.6. The monoisotopic (exact) mass is 424 g/mol. The second-order valence-electron chi connectivity index (χ2n) is 6.95. The molecule has 0 saturated heterocycles. The first-order valence-electron chi connectivity index (χ1n) is 10.4. The number of carboxylic acids is 1. The van der Waals surface area contributed by atoms with Crippen molar-refractivity contribution in [2.24, 2.45) is 11.5 Å². The summed E-state index contributed by atoms with van der Waals surface area (Å²) < 4.78 is 0. The van der Waals surface area contributed by atoms with E-state index in [1.807, 2.05) is 30.3 Å². The van der Waals surface area contributed by atoms with Gasteiger partial charge in [0.2, 0.25) is 11.8 Å². The summed E-state index contributed by atoms with van der Waals surface area (Å²) in [5, 5.41) is 19.5. The van der Waals surface area contributed by atoms with E-state index in [1.165, 1.54) is 0 Å². The number of benzene rings is 1. The molecule has 0 radical (unpaired) electrons. The third-order valence-corrected chi connectivity index (χ3v) is 4.28. The number of carbonyl (C=O) groups is 3. The van der Waals surface area contributed by atoms with Crippen LogP contribution in [0.2, 0.25) is 0 Å². The fourth-order valence-corrected chi connectivity index (χ4v) is 2.53. The first-order chi connectivity index (χ1) is 14.4. The molecule has 9 heteroatoms. The van der Waals surface area contributed by atoms with Crippen LogP contribution in [0.5, 0.6) is 0 Å². The van der Waals surface area contributed by atoms with Gasteiger partial charge in [-0.05, 0) is 44.4 Å². The Hall–Kier alpha value is -2.49. The molecule has 0 aromatic heterocycles. The number of para-hydroxylation sites is 1. The quantitative estimate of drug-likeness (QED) is 0.151. The lowest BCUT2D eigenvalue weighted by Gasteiger charge is -2.04. The average Bonchev–Trinajstić information content (AvgIpc) is 2.74. The zero-order valence-corrected chi connectivity index (χ0v) is 17.5. The van der Waals surface area contributed by atoms with Gasteiger partial charge < -0.3 is 21.9 Å². The highest BCUT2D eigenvalue weighted by atomic mass is 16.5. The van der Waals surface area contributed by atoms with Crippen LogP contribution in [0.25, 0.3) is 0 Å². The zero-order valence-electron chi connectivity index (χ0n) is 17.5. The molecule has 1 aromatic rings. The van der Waals surface area contributed by atoms with Crippen LogP contribution < -0.4 is 22.3 Å². The Morgan fingerprint density at radius 2 is 1.43 bits per heavy atom. The molecular weight excluding hydrogens is 388 g/mol. The van der Waals surface area contributed by atoms with Gasteiger partial charge in [-0.3, -0.25) is 19.6 Å². The molecule has 0 aliphatic heterocycles. The van der Waals surface area contributed by atoms with E-state index in [1.54, 1.807) is 5.48 Å². The maximum atomic E-state index is 11.6. The second kappa shape index (κ2) is 18.5. The number of aliphatic carboxylic acids is 1. The highest BCUT2D eigenvalue weighted by molar-refractivity contribution is 5.90. The van der Waals surface area contributed by atoms with E-state index in [4.69, 9.17) is 21.8 Å². The summed E-state index contributed by atoms with van der Waals surface area (Å²) in [7, 11) is 0. The van der Waals surface area contributed by atoms with Gasteiger partial charge in [-0.2, -0.15) is 0 Å². The topological polar surface area (TPSA) is 168 Å². The van der Waals surface area contributed by atoms with Crippen molar-refractivity contribution in [3.05, 3.63) is 30.3 Å². The molecule has 1 aromatic carbocycles. The summed E-state index contributed by atoms with van der Waals surface area (Å²) in [6, 6.07) is 8.66. The van der Waals surface area contributed by atoms with Gasteiger partial charge in [-0.25, -0.2) is 5.48 Å². The first-order valence-corrected chi connectivity index (χ1v) is 10.4. The van der Waals surface area contributed by atoms with Crippen molar-refractivity contribution in [2.45, 2.75) is 70.3 Å². The summed E-state index contributed by atoms with van der Waals surface area (Å²) in [4.78, 5) is 32.5. The maximum Gasteiger partial charge on any atom is 0.320 e. The van der Waals surface area contributed by atoms with Crippen LogP contribution in [0.3, 0.4) is 0 Å². The number of hydrogen-bond donors (Lipinski definition) is 6. The lowest BCUT2D eigenvalue weighted by molar-refractivity contribution is -0.138. The number of carbonyl (C=O) groups excluding carboxylic acids is 2. The van der Waals surface area contributed by atoms with Gasteiger partial charge in [-0.1, -0.05) is 43.9 Å². The van der Waals surface area contributed by atoms with Crippen molar-refractivity contribution < 1.29 is 24.7 Å². The van der Waals surface area contributed by atoms with Crippen LogP contribution in [0.4, 0.5) is 5.69 Å². The van der Waals surface area contributed by atoms with Gasteiger partial charge in [-0.15, -0.1) is 0 Å². The summed E-state index contributed by atoms with van der Waals surface area (Å²) in [5.41, 5.74) is 12.9. The molecule has 0 spiro atoms. The molecular formula is C21H36N4O5. The molecule has 0 fully saturated rings. The Bertz CT molecular complexity index is 598. The minimum atomic E-state index is -0.919. The summed E-state index contributed by atoms with van der Waals surface area (Å²) >= 11 is 0. The number of anilines is 1. The van der Waals surface area contributed by atoms with E-state index in [0.717, 1.165) is 50.6 Å². The molecule has 1 atom stereocenters. The number of hydrogen-bond acceptors (Lipinski definition) is 6. The molecule has 170 valence electrons. The Labute approximate surface area is 178 Å². The standard InChI is InChI=1S/C14H20N2O3.C7H16N2O2/c17-13(15-12-8-4-3-5-9-12)10-6-1-2-7-11-14(18)16-19;8-5-3-1-2-4-6(9)7(10)11/h3-5,8-9,19H,1-2,6-7,10-11H2,(H,15,17)(H,16,18);6H,1-5,8-9H2,(H,10,11)/t;6-/m.0/s1. The number of hydroxylamine groups is 1. The van der Waals surface area contributed by atoms with Crippen molar-refractivity contribution in [1.82, 2.24) is 5.48 Å². The van der Waals surface area contributed by atoms with E-state index in [2.05, 4.69) is 5.32 Å². The van der Waals surface area contributed by atoms with Crippen molar-refractivity contribution in [2.75, 3.05) is 11.9 Å². The van der Waals surface area contributed by atoms with Crippen molar-refractivity contribution >= 4 is 23.5 Å². The van der Waals surface area contributed by atoms with E-state index in [-0.39, 0.29) is 11.8 Å². The fourth-order valence-electron chi connectivity index (χ4n) is 2.53. The van der Waals surface area contributed by atoms with E-state index >= 15 is 0 Å². The first kappa shape index (κ1) is 27.5. The molecule has 0 aliphatic rings. The smallest absolute Gasteiger partial charge is 0.320 e. The number of amides is 2. The van der Waals surface area contributed by atoms with E-state index < -0.39 is 12.0 Å². The van der Waals surface area contributed by atoms with Crippen LogP contribution in [0.1, 0.15) is 64.2 Å². The Balaban J connectivity index is 0.000000654. The van der Waals surface area contributed by atoms with Crippen molar-refractivity contribution in [1.29, 1.82) is 0 Å². The number of rotatable bonds is 14. The van der Waals surface area contributed by atoms with Gasteiger partial charge in [0.15, 0.2) is 0 Å². The SMILES string of the molecule is NCCCCC[C@H](N)C(=O)O.O=C(CCCCCCC(=O)Nc1ccccc1)NO. The Morgan fingerprint density at radius 1 is 0.867 bits per heavy atom. The highest BCUT2D eigenvalue weighted by Crippen LogP contribution is 2.09. The molecule has 8 N–H and O–H groups in total. The molecule has 0 heterocycles. The van der Waals surface area contributed by atoms with Crippen molar-refractivity contribution in [3.63, 3.8) is 0 Å². The maximum absolute atomic E-state index is 11.6. The van der Waals surface area contributed by atoms with Gasteiger partial charge in [0.05, 0.1) is 0 Å². The van der Waals surface area contributed by atoms with Crippen molar-refractivity contribution in [3.8, 4) is 0 Å². The van der Waals surface area contributed by atoms with Gasteiger partial charge in [0, 0.05) is 18.5 Å². The molecule has 0 bridgehead atoms. The predicted molar refractivity (Wildman–Crippen MR) is 116 cm³/mol. The third kappa shape index (κ3) is 16.5. The summed E-state index contributed by atoms with van der Waals surface area (Å²) in [6.45, 7) is 0.669. The summed E-state index contributed by atoms with van der Waals surface area (Å²) in [5.74, 6) is -1.26. The number of unbranched alkanes of at least 4 members (excludes halogenated alkanes) is 5. The van der Waals surface area contributed by atoms with Crippen LogP contribution in [-0.2, 0) is 14.4 Å². The normalized spacial score (nSPS) is 11.0. The second-order valence-corrected chi connectivity index (χ2v) is 6.95. The van der Waals surface area contributed by atoms with E-state index in [0.29, 0.717) is 25.8 Å². The van der Waals surface area contributed by atoms with Gasteiger partial charge in [0.1, 0.15) is 6.04 Å². The number of carboxylic acid groups (broad SMARTS) is 1. The van der Waals surface area contributed by atoms with Crippen LogP contribution in [-0.4, -0.2) is 40.7 Å². The molecule has 0 aliphatic carbocycles. The largest absolute Gasteiger partial charge is 0.480 e. The van der Waals surface area contributed by atoms with Gasteiger partial charge in [0.25, 0.3) is 0 Å². The fraction of sp³-hybridized carbons (Fsp3) is 0.571. The van der Waals surface area contributed by atoms with Crippen LogP contribution >= 0.6 is 0 Å². The molecule has 0 saturated carbocycles. The Morgan fingerprint density at radius 3 is 1.97 bits per heavy atom.